The Labute approximate surface area is 267 Å². The van der Waals surface area contributed by atoms with Crippen molar-refractivity contribution >= 4 is 46.9 Å². The molecule has 0 heterocycles. The van der Waals surface area contributed by atoms with Crippen molar-refractivity contribution in [2.45, 2.75) is 24.0 Å². The van der Waals surface area contributed by atoms with Gasteiger partial charge in [-0.2, -0.15) is 0 Å². The number of anilines is 2. The number of nitrogens with one attached hydrogen (secondary N) is 3. The number of amides is 3. The number of methoxy groups -OCH3 is 2. The maximum atomic E-state index is 13.5. The molecule has 0 saturated carbocycles. The van der Waals surface area contributed by atoms with Crippen LogP contribution in [0.15, 0.2) is 108 Å². The zero-order valence-electron chi connectivity index (χ0n) is 25.5. The molecule has 0 radical (unpaired) electrons. The molecule has 1 atom stereocenters. The summed E-state index contributed by atoms with van der Waals surface area (Å²) < 4.78 is 16.4. The Bertz CT molecular complexity index is 1660. The van der Waals surface area contributed by atoms with Crippen LogP contribution in [0.4, 0.5) is 11.4 Å². The minimum Gasteiger partial charge on any atom is -0.497 e. The van der Waals surface area contributed by atoms with Gasteiger partial charge in [0.25, 0.3) is 11.8 Å². The van der Waals surface area contributed by atoms with Gasteiger partial charge in [-0.15, -0.1) is 11.8 Å². The molecule has 9 nitrogen and oxygen atoms in total. The molecule has 0 aliphatic rings. The fraction of sp³-hybridized carbons (Fsp3) is 0.171. The van der Waals surface area contributed by atoms with Gasteiger partial charge in [-0.1, -0.05) is 30.3 Å². The highest BCUT2D eigenvalue weighted by molar-refractivity contribution is 8.00. The van der Waals surface area contributed by atoms with E-state index in [0.29, 0.717) is 46.4 Å². The van der Waals surface area contributed by atoms with Crippen LogP contribution in [0.1, 0.15) is 29.8 Å². The monoisotopic (exact) mass is 625 g/mol. The van der Waals surface area contributed by atoms with Gasteiger partial charge < -0.3 is 30.2 Å². The number of hydrogen-bond acceptors (Lipinski definition) is 7. The van der Waals surface area contributed by atoms with Gasteiger partial charge in [0.1, 0.15) is 22.9 Å². The van der Waals surface area contributed by atoms with Crippen LogP contribution >= 0.6 is 11.8 Å². The Balaban J connectivity index is 1.48. The number of thioether (sulfide) groups is 1. The minimum atomic E-state index is -0.537. The maximum Gasteiger partial charge on any atom is 0.272 e. The standard InChI is InChI=1S/C35H35N3O6S/c1-5-44-32-14-10-9-13-29(32)37-33(39)23(2)45-28-18-15-26(16-19-28)36-35(41)30(38-34(40)24-11-7-6-8-12-24)22-25-21-27(42-3)17-20-31(25)43-4/h6-23H,5H2,1-4H3,(H,36,41)(H,37,39)(H,38,40)/b30-22-. The Kier molecular flexibility index (Phi) is 11.6. The van der Waals surface area contributed by atoms with E-state index >= 15 is 0 Å². The molecule has 4 aromatic carbocycles. The summed E-state index contributed by atoms with van der Waals surface area (Å²) in [5.74, 6) is 0.527. The van der Waals surface area contributed by atoms with E-state index in [1.54, 1.807) is 66.7 Å². The van der Waals surface area contributed by atoms with Gasteiger partial charge in [0, 0.05) is 21.7 Å². The summed E-state index contributed by atoms with van der Waals surface area (Å²) in [6.45, 7) is 4.20. The quantitative estimate of drug-likeness (QED) is 0.113. The van der Waals surface area contributed by atoms with Crippen LogP contribution in [0.5, 0.6) is 17.2 Å². The first-order valence-electron chi connectivity index (χ1n) is 14.2. The summed E-state index contributed by atoms with van der Waals surface area (Å²) in [6.07, 6.45) is 1.53. The number of carbonyl (C=O) groups excluding carboxylic acids is 3. The first-order chi connectivity index (χ1) is 21.8. The number of para-hydroxylation sites is 2. The summed E-state index contributed by atoms with van der Waals surface area (Å²) >= 11 is 1.38. The predicted molar refractivity (Wildman–Crippen MR) is 178 cm³/mol. The Morgan fingerprint density at radius 1 is 0.822 bits per heavy atom. The summed E-state index contributed by atoms with van der Waals surface area (Å²) in [5, 5.41) is 8.10. The second-order valence-electron chi connectivity index (χ2n) is 9.64. The van der Waals surface area contributed by atoms with Gasteiger partial charge in [0.05, 0.1) is 31.8 Å². The van der Waals surface area contributed by atoms with Gasteiger partial charge in [0.2, 0.25) is 5.91 Å². The lowest BCUT2D eigenvalue weighted by atomic mass is 10.1. The zero-order valence-corrected chi connectivity index (χ0v) is 26.3. The van der Waals surface area contributed by atoms with Crippen LogP contribution in [-0.4, -0.2) is 43.8 Å². The number of rotatable bonds is 13. The third-order valence-corrected chi connectivity index (χ3v) is 7.62. The second-order valence-corrected chi connectivity index (χ2v) is 11.1. The van der Waals surface area contributed by atoms with Crippen molar-refractivity contribution < 1.29 is 28.6 Å². The summed E-state index contributed by atoms with van der Waals surface area (Å²) in [4.78, 5) is 40.2. The molecule has 3 N–H and O–H groups in total. The summed E-state index contributed by atoms with van der Waals surface area (Å²) in [5.41, 5.74) is 2.06. The van der Waals surface area contributed by atoms with Crippen molar-refractivity contribution in [2.24, 2.45) is 0 Å². The van der Waals surface area contributed by atoms with Crippen molar-refractivity contribution in [3.8, 4) is 17.2 Å². The lowest BCUT2D eigenvalue weighted by Crippen LogP contribution is -2.30. The van der Waals surface area contributed by atoms with Crippen LogP contribution in [0.3, 0.4) is 0 Å². The van der Waals surface area contributed by atoms with Gasteiger partial charge in [-0.05, 0) is 86.7 Å². The fourth-order valence-corrected chi connectivity index (χ4v) is 5.08. The molecule has 0 saturated heterocycles. The SMILES string of the molecule is CCOc1ccccc1NC(=O)C(C)Sc1ccc(NC(=O)/C(=C/c2cc(OC)ccc2OC)NC(=O)c2ccccc2)cc1. The number of ether oxygens (including phenoxy) is 3. The van der Waals surface area contributed by atoms with E-state index in [4.69, 9.17) is 14.2 Å². The second kappa shape index (κ2) is 16.0. The van der Waals surface area contributed by atoms with E-state index in [1.807, 2.05) is 44.2 Å². The van der Waals surface area contributed by atoms with Gasteiger partial charge in [-0.3, -0.25) is 14.4 Å². The van der Waals surface area contributed by atoms with Gasteiger partial charge in [0.15, 0.2) is 0 Å². The molecule has 4 rings (SSSR count). The van der Waals surface area contributed by atoms with Crippen LogP contribution < -0.4 is 30.2 Å². The van der Waals surface area contributed by atoms with Crippen molar-refractivity contribution in [3.05, 3.63) is 114 Å². The molecule has 0 spiro atoms. The lowest BCUT2D eigenvalue weighted by molar-refractivity contribution is -0.115. The van der Waals surface area contributed by atoms with Crippen molar-refractivity contribution in [3.63, 3.8) is 0 Å². The third kappa shape index (κ3) is 9.14. The molecule has 232 valence electrons. The molecular weight excluding hydrogens is 590 g/mol. The Hall–Kier alpha value is -5.22. The van der Waals surface area contributed by atoms with E-state index in [-0.39, 0.29) is 11.6 Å². The number of benzene rings is 4. The molecule has 10 heteroatoms. The predicted octanol–water partition coefficient (Wildman–Crippen LogP) is 6.63. The molecule has 0 aliphatic carbocycles. The molecule has 0 aromatic heterocycles. The first kappa shape index (κ1) is 32.7. The van der Waals surface area contributed by atoms with E-state index in [1.165, 1.54) is 32.1 Å². The number of carbonyl (C=O) groups is 3. The van der Waals surface area contributed by atoms with E-state index in [0.717, 1.165) is 4.90 Å². The summed E-state index contributed by atoms with van der Waals surface area (Å²) in [7, 11) is 3.06. The molecule has 45 heavy (non-hydrogen) atoms. The Morgan fingerprint density at radius 3 is 2.22 bits per heavy atom. The topological polar surface area (TPSA) is 115 Å². The van der Waals surface area contributed by atoms with Crippen LogP contribution in [0.2, 0.25) is 0 Å². The normalized spacial score (nSPS) is 11.6. The van der Waals surface area contributed by atoms with Crippen molar-refractivity contribution in [1.82, 2.24) is 5.32 Å². The highest BCUT2D eigenvalue weighted by Crippen LogP contribution is 2.29. The van der Waals surface area contributed by atoms with E-state index < -0.39 is 17.1 Å². The molecule has 1 unspecified atom stereocenters. The largest absolute Gasteiger partial charge is 0.497 e. The number of hydrogen-bond donors (Lipinski definition) is 3. The fourth-order valence-electron chi connectivity index (χ4n) is 4.21. The first-order valence-corrected chi connectivity index (χ1v) is 15.1. The average molecular weight is 626 g/mol. The zero-order chi connectivity index (χ0) is 32.2. The Morgan fingerprint density at radius 2 is 1.53 bits per heavy atom. The van der Waals surface area contributed by atoms with Crippen LogP contribution in [-0.2, 0) is 9.59 Å². The molecule has 3 amide bonds. The molecule has 0 aliphatic heterocycles. The van der Waals surface area contributed by atoms with Crippen LogP contribution in [0.25, 0.3) is 6.08 Å². The maximum absolute atomic E-state index is 13.5. The third-order valence-electron chi connectivity index (χ3n) is 6.50. The lowest BCUT2D eigenvalue weighted by Gasteiger charge is -2.15. The van der Waals surface area contributed by atoms with E-state index in [9.17, 15) is 14.4 Å². The molecular formula is C35H35N3O6S. The summed E-state index contributed by atoms with van der Waals surface area (Å²) in [6, 6.07) is 28.2. The van der Waals surface area contributed by atoms with Crippen LogP contribution in [0, 0.1) is 0 Å². The van der Waals surface area contributed by atoms with Gasteiger partial charge in [-0.25, -0.2) is 0 Å². The highest BCUT2D eigenvalue weighted by atomic mass is 32.2. The average Bonchev–Trinajstić information content (AvgIpc) is 3.06. The molecule has 4 aromatic rings. The smallest absolute Gasteiger partial charge is 0.272 e. The van der Waals surface area contributed by atoms with Crippen molar-refractivity contribution in [1.29, 1.82) is 0 Å². The molecule has 0 fully saturated rings. The van der Waals surface area contributed by atoms with Crippen molar-refractivity contribution in [2.75, 3.05) is 31.5 Å². The van der Waals surface area contributed by atoms with Gasteiger partial charge >= 0.3 is 0 Å². The highest BCUT2D eigenvalue weighted by Gasteiger charge is 2.18. The van der Waals surface area contributed by atoms with E-state index in [2.05, 4.69) is 16.0 Å². The minimum absolute atomic E-state index is 0.00600. The molecule has 0 bridgehead atoms.